The van der Waals surface area contributed by atoms with E-state index in [-0.39, 0.29) is 23.0 Å². The Morgan fingerprint density at radius 1 is 1.53 bits per heavy atom. The van der Waals surface area contributed by atoms with Gasteiger partial charge >= 0.3 is 5.97 Å². The fraction of sp³-hybridized carbons (Fsp3) is 0.333. The first-order valence-corrected chi connectivity index (χ1v) is 4.18. The smallest absolute Gasteiger partial charge is 0.341 e. The molecular formula is C9H12N2O4. The molecule has 1 rings (SSSR count). The molecule has 1 aromatic rings. The second kappa shape index (κ2) is 4.50. The van der Waals surface area contributed by atoms with Crippen LogP contribution >= 0.6 is 0 Å². The second-order valence-corrected chi connectivity index (χ2v) is 2.65. The van der Waals surface area contributed by atoms with Gasteiger partial charge in [-0.2, -0.15) is 4.98 Å². The molecule has 0 aromatic carbocycles. The Labute approximate surface area is 86.8 Å². The minimum absolute atomic E-state index is 0.0482. The number of rotatable bonds is 3. The van der Waals surface area contributed by atoms with Crippen LogP contribution in [0.15, 0.2) is 6.07 Å². The highest BCUT2D eigenvalue weighted by Gasteiger charge is 2.17. The van der Waals surface area contributed by atoms with Crippen molar-refractivity contribution < 1.29 is 19.4 Å². The summed E-state index contributed by atoms with van der Waals surface area (Å²) in [5.74, 6) is -0.454. The summed E-state index contributed by atoms with van der Waals surface area (Å²) in [7, 11) is 4.23. The minimum Gasteiger partial charge on any atom is -0.503 e. The van der Waals surface area contributed by atoms with Gasteiger partial charge < -0.3 is 19.9 Å². The molecule has 6 nitrogen and oxygen atoms in total. The maximum atomic E-state index is 11.3. The van der Waals surface area contributed by atoms with Crippen LogP contribution in [0.4, 0.5) is 5.82 Å². The van der Waals surface area contributed by atoms with Crippen LogP contribution in [0.5, 0.6) is 11.6 Å². The summed E-state index contributed by atoms with van der Waals surface area (Å²) in [5.41, 5.74) is 0.151. The Kier molecular flexibility index (Phi) is 3.33. The predicted molar refractivity (Wildman–Crippen MR) is 53.3 cm³/mol. The molecule has 0 amide bonds. The zero-order chi connectivity index (χ0) is 11.4. The molecule has 0 unspecified atom stereocenters. The van der Waals surface area contributed by atoms with E-state index in [4.69, 9.17) is 4.74 Å². The molecule has 6 heteroatoms. The van der Waals surface area contributed by atoms with Crippen molar-refractivity contribution in [3.8, 4) is 11.6 Å². The third-order valence-corrected chi connectivity index (χ3v) is 1.80. The summed E-state index contributed by atoms with van der Waals surface area (Å²) < 4.78 is 9.34. The number of aromatic nitrogens is 1. The minimum atomic E-state index is -0.579. The summed E-state index contributed by atoms with van der Waals surface area (Å²) >= 11 is 0. The number of aromatic hydroxyl groups is 1. The van der Waals surface area contributed by atoms with Crippen LogP contribution in [0.25, 0.3) is 0 Å². The van der Waals surface area contributed by atoms with Crippen LogP contribution in [0, 0.1) is 0 Å². The molecule has 0 bridgehead atoms. The fourth-order valence-electron chi connectivity index (χ4n) is 1.09. The quantitative estimate of drug-likeness (QED) is 0.715. The number of ether oxygens (including phenoxy) is 2. The van der Waals surface area contributed by atoms with E-state index >= 15 is 0 Å². The van der Waals surface area contributed by atoms with Crippen molar-refractivity contribution in [1.29, 1.82) is 0 Å². The van der Waals surface area contributed by atoms with Crippen LogP contribution in [-0.4, -0.2) is 37.3 Å². The van der Waals surface area contributed by atoms with Gasteiger partial charge in [-0.1, -0.05) is 0 Å². The molecule has 0 radical (unpaired) electrons. The summed E-state index contributed by atoms with van der Waals surface area (Å²) in [6.07, 6.45) is 0. The highest BCUT2D eigenvalue weighted by molar-refractivity contribution is 5.95. The first-order valence-electron chi connectivity index (χ1n) is 4.18. The molecule has 0 fully saturated rings. The Hall–Kier alpha value is -1.98. The normalized spacial score (nSPS) is 9.53. The molecule has 0 aliphatic heterocycles. The maximum Gasteiger partial charge on any atom is 0.341 e. The molecule has 0 saturated carbocycles. The second-order valence-electron chi connectivity index (χ2n) is 2.65. The molecule has 0 spiro atoms. The SMILES string of the molecule is CNc1nc(OC)c(O)cc1C(=O)OC. The number of esters is 1. The van der Waals surface area contributed by atoms with Gasteiger partial charge in [0, 0.05) is 13.1 Å². The zero-order valence-electron chi connectivity index (χ0n) is 8.70. The standard InChI is InChI=1S/C9H12N2O4/c1-10-7-5(9(13)15-3)4-6(12)8(11-7)14-2/h4,12H,1-3H3,(H,10,11). The number of carbonyl (C=O) groups is 1. The summed E-state index contributed by atoms with van der Waals surface area (Å²) in [6.45, 7) is 0. The van der Waals surface area contributed by atoms with Crippen molar-refractivity contribution in [3.63, 3.8) is 0 Å². The van der Waals surface area contributed by atoms with Crippen molar-refractivity contribution in [1.82, 2.24) is 4.98 Å². The number of methoxy groups -OCH3 is 2. The Morgan fingerprint density at radius 3 is 2.67 bits per heavy atom. The maximum absolute atomic E-state index is 11.3. The van der Waals surface area contributed by atoms with Gasteiger partial charge in [-0.25, -0.2) is 4.79 Å². The topological polar surface area (TPSA) is 80.7 Å². The van der Waals surface area contributed by atoms with E-state index in [2.05, 4.69) is 15.0 Å². The van der Waals surface area contributed by atoms with Gasteiger partial charge in [0.05, 0.1) is 14.2 Å². The van der Waals surface area contributed by atoms with E-state index in [0.717, 1.165) is 0 Å². The lowest BCUT2D eigenvalue weighted by Crippen LogP contribution is -2.08. The number of hydrogen-bond acceptors (Lipinski definition) is 6. The van der Waals surface area contributed by atoms with Crippen molar-refractivity contribution in [2.75, 3.05) is 26.6 Å². The third kappa shape index (κ3) is 2.09. The van der Waals surface area contributed by atoms with Crippen LogP contribution in [0.3, 0.4) is 0 Å². The van der Waals surface area contributed by atoms with E-state index in [1.165, 1.54) is 20.3 Å². The Bertz CT molecular complexity index is 379. The molecule has 15 heavy (non-hydrogen) atoms. The third-order valence-electron chi connectivity index (χ3n) is 1.80. The van der Waals surface area contributed by atoms with Crippen LogP contribution < -0.4 is 10.1 Å². The van der Waals surface area contributed by atoms with Gasteiger partial charge in [-0.05, 0) is 0 Å². The lowest BCUT2D eigenvalue weighted by atomic mass is 10.2. The van der Waals surface area contributed by atoms with Gasteiger partial charge in [0.1, 0.15) is 11.4 Å². The lowest BCUT2D eigenvalue weighted by molar-refractivity contribution is 0.0601. The number of nitrogens with one attached hydrogen (secondary N) is 1. The van der Waals surface area contributed by atoms with Crippen molar-refractivity contribution in [2.24, 2.45) is 0 Å². The van der Waals surface area contributed by atoms with E-state index in [1.807, 2.05) is 0 Å². The Morgan fingerprint density at radius 2 is 2.20 bits per heavy atom. The number of nitrogens with zero attached hydrogens (tertiary/aromatic N) is 1. The average molecular weight is 212 g/mol. The molecule has 0 atom stereocenters. The molecule has 0 saturated heterocycles. The zero-order valence-corrected chi connectivity index (χ0v) is 8.70. The largest absolute Gasteiger partial charge is 0.503 e. The lowest BCUT2D eigenvalue weighted by Gasteiger charge is -2.09. The highest BCUT2D eigenvalue weighted by atomic mass is 16.5. The number of anilines is 1. The summed E-state index contributed by atoms with van der Waals surface area (Å²) in [4.78, 5) is 15.2. The number of pyridine rings is 1. The first kappa shape index (κ1) is 11.1. The molecule has 2 N–H and O–H groups in total. The van der Waals surface area contributed by atoms with E-state index in [9.17, 15) is 9.90 Å². The van der Waals surface area contributed by atoms with Crippen molar-refractivity contribution in [3.05, 3.63) is 11.6 Å². The predicted octanol–water partition coefficient (Wildman–Crippen LogP) is 0.624. The highest BCUT2D eigenvalue weighted by Crippen LogP contribution is 2.28. The summed E-state index contributed by atoms with van der Waals surface area (Å²) in [6, 6.07) is 1.24. The Balaban J connectivity index is 3.27. The van der Waals surface area contributed by atoms with Crippen molar-refractivity contribution in [2.45, 2.75) is 0 Å². The molecule has 82 valence electrons. The number of carbonyl (C=O) groups excluding carboxylic acids is 1. The van der Waals surface area contributed by atoms with Crippen LogP contribution in [0.1, 0.15) is 10.4 Å². The molecule has 1 aromatic heterocycles. The van der Waals surface area contributed by atoms with Gasteiger partial charge in [0.15, 0.2) is 5.75 Å². The first-order chi connectivity index (χ1) is 7.13. The van der Waals surface area contributed by atoms with Crippen molar-refractivity contribution >= 4 is 11.8 Å². The van der Waals surface area contributed by atoms with Gasteiger partial charge in [-0.3, -0.25) is 0 Å². The monoisotopic (exact) mass is 212 g/mol. The van der Waals surface area contributed by atoms with E-state index < -0.39 is 5.97 Å². The molecule has 1 heterocycles. The van der Waals surface area contributed by atoms with Gasteiger partial charge in [0.25, 0.3) is 5.88 Å². The molecular weight excluding hydrogens is 200 g/mol. The summed E-state index contributed by atoms with van der Waals surface area (Å²) in [5, 5.41) is 12.1. The van der Waals surface area contributed by atoms with Crippen LogP contribution in [0.2, 0.25) is 0 Å². The van der Waals surface area contributed by atoms with Gasteiger partial charge in [0.2, 0.25) is 0 Å². The van der Waals surface area contributed by atoms with E-state index in [0.29, 0.717) is 0 Å². The fourth-order valence-corrected chi connectivity index (χ4v) is 1.09. The molecule has 0 aliphatic carbocycles. The molecule has 0 aliphatic rings. The van der Waals surface area contributed by atoms with E-state index in [1.54, 1.807) is 7.05 Å². The number of hydrogen-bond donors (Lipinski definition) is 2. The van der Waals surface area contributed by atoms with Gasteiger partial charge in [-0.15, -0.1) is 0 Å². The van der Waals surface area contributed by atoms with Crippen LogP contribution in [-0.2, 0) is 4.74 Å². The average Bonchev–Trinajstić information content (AvgIpc) is 2.27.